The van der Waals surface area contributed by atoms with Gasteiger partial charge < -0.3 is 20.5 Å². The first-order valence-electron chi connectivity index (χ1n) is 9.41. The van der Waals surface area contributed by atoms with Crippen molar-refractivity contribution in [3.8, 4) is 5.75 Å². The van der Waals surface area contributed by atoms with E-state index in [0.717, 1.165) is 43.9 Å². The monoisotopic (exact) mass is 369 g/mol. The number of anilines is 1. The molecule has 0 aromatic heterocycles. The summed E-state index contributed by atoms with van der Waals surface area (Å²) >= 11 is 0. The van der Waals surface area contributed by atoms with Crippen LogP contribution in [0.5, 0.6) is 5.75 Å². The molecule has 144 valence electrons. The first-order valence-corrected chi connectivity index (χ1v) is 9.41. The summed E-state index contributed by atoms with van der Waals surface area (Å²) in [6.45, 7) is 3.82. The first kappa shape index (κ1) is 19.0. The highest BCUT2D eigenvalue weighted by Crippen LogP contribution is 2.20. The smallest absolute Gasteiger partial charge is 0.404 e. The molecule has 0 spiro atoms. The summed E-state index contributed by atoms with van der Waals surface area (Å²) in [7, 11) is 0. The fourth-order valence-corrected chi connectivity index (χ4v) is 3.29. The Kier molecular flexibility index (Phi) is 6.93. The molecule has 1 heterocycles. The fraction of sp³-hybridized carbons (Fsp3) is 0.381. The number of rotatable bonds is 8. The predicted molar refractivity (Wildman–Crippen MR) is 106 cm³/mol. The highest BCUT2D eigenvalue weighted by molar-refractivity contribution is 5.64. The van der Waals surface area contributed by atoms with E-state index in [1.807, 2.05) is 24.3 Å². The summed E-state index contributed by atoms with van der Waals surface area (Å²) in [4.78, 5) is 12.9. The molecular weight excluding hydrogens is 342 g/mol. The number of piperidine rings is 1. The quantitative estimate of drug-likeness (QED) is 0.622. The molecule has 1 saturated heterocycles. The van der Waals surface area contributed by atoms with Gasteiger partial charge in [0.2, 0.25) is 0 Å². The zero-order valence-electron chi connectivity index (χ0n) is 15.4. The lowest BCUT2D eigenvalue weighted by molar-refractivity contribution is 0.191. The fourth-order valence-electron chi connectivity index (χ4n) is 3.29. The minimum absolute atomic E-state index is 0.275. The van der Waals surface area contributed by atoms with Crippen molar-refractivity contribution in [2.24, 2.45) is 0 Å². The van der Waals surface area contributed by atoms with Crippen LogP contribution < -0.4 is 15.4 Å². The van der Waals surface area contributed by atoms with Crippen molar-refractivity contribution in [2.75, 3.05) is 31.6 Å². The standard InChI is InChI=1S/C21H27N3O3/c25-21(26)22-12-15-27-20-8-6-18(7-9-20)23-19-10-13-24(14-11-19)16-17-4-2-1-3-5-17/h1-9,19,22-23H,10-16H2,(H,25,26). The van der Waals surface area contributed by atoms with Gasteiger partial charge in [-0.2, -0.15) is 0 Å². The lowest BCUT2D eigenvalue weighted by Crippen LogP contribution is -2.38. The largest absolute Gasteiger partial charge is 0.492 e. The molecule has 6 nitrogen and oxygen atoms in total. The molecule has 1 aliphatic rings. The van der Waals surface area contributed by atoms with Crippen molar-refractivity contribution in [2.45, 2.75) is 25.4 Å². The zero-order chi connectivity index (χ0) is 18.9. The van der Waals surface area contributed by atoms with Crippen LogP contribution in [0.3, 0.4) is 0 Å². The lowest BCUT2D eigenvalue weighted by atomic mass is 10.0. The Hall–Kier alpha value is -2.73. The Morgan fingerprint density at radius 1 is 1.07 bits per heavy atom. The molecule has 3 rings (SSSR count). The summed E-state index contributed by atoms with van der Waals surface area (Å²) in [5.74, 6) is 0.741. The Labute approximate surface area is 160 Å². The summed E-state index contributed by atoms with van der Waals surface area (Å²) < 4.78 is 5.51. The Bertz CT molecular complexity index is 698. The average Bonchev–Trinajstić information content (AvgIpc) is 2.69. The summed E-state index contributed by atoms with van der Waals surface area (Å²) in [5, 5.41) is 14.4. The maximum atomic E-state index is 10.4. The van der Waals surface area contributed by atoms with Gasteiger partial charge in [-0.15, -0.1) is 0 Å². The lowest BCUT2D eigenvalue weighted by Gasteiger charge is -2.33. The van der Waals surface area contributed by atoms with Gasteiger partial charge in [-0.25, -0.2) is 4.79 Å². The molecule has 0 radical (unpaired) electrons. The van der Waals surface area contributed by atoms with Crippen LogP contribution in [0, 0.1) is 0 Å². The van der Waals surface area contributed by atoms with E-state index in [4.69, 9.17) is 9.84 Å². The van der Waals surface area contributed by atoms with Crippen LogP contribution in [-0.4, -0.2) is 48.4 Å². The Morgan fingerprint density at radius 2 is 1.78 bits per heavy atom. The highest BCUT2D eigenvalue weighted by Gasteiger charge is 2.19. The van der Waals surface area contributed by atoms with E-state index in [0.29, 0.717) is 12.6 Å². The number of benzene rings is 2. The molecule has 6 heteroatoms. The van der Waals surface area contributed by atoms with Crippen molar-refractivity contribution in [1.82, 2.24) is 10.2 Å². The number of carbonyl (C=O) groups is 1. The van der Waals surface area contributed by atoms with Gasteiger partial charge in [0, 0.05) is 31.4 Å². The van der Waals surface area contributed by atoms with Gasteiger partial charge in [-0.3, -0.25) is 4.90 Å². The van der Waals surface area contributed by atoms with E-state index < -0.39 is 6.09 Å². The van der Waals surface area contributed by atoms with Crippen LogP contribution in [0.1, 0.15) is 18.4 Å². The topological polar surface area (TPSA) is 73.8 Å². The minimum Gasteiger partial charge on any atom is -0.492 e. The number of carboxylic acid groups (broad SMARTS) is 1. The number of nitrogens with one attached hydrogen (secondary N) is 2. The van der Waals surface area contributed by atoms with Gasteiger partial charge in [0.1, 0.15) is 12.4 Å². The molecule has 2 aromatic carbocycles. The van der Waals surface area contributed by atoms with Gasteiger partial charge in [-0.1, -0.05) is 30.3 Å². The molecule has 0 unspecified atom stereocenters. The third-order valence-corrected chi connectivity index (χ3v) is 4.71. The maximum absolute atomic E-state index is 10.4. The van der Waals surface area contributed by atoms with Crippen LogP contribution in [0.15, 0.2) is 54.6 Å². The third kappa shape index (κ3) is 6.49. The highest BCUT2D eigenvalue weighted by atomic mass is 16.5. The van der Waals surface area contributed by atoms with E-state index in [9.17, 15) is 4.79 Å². The number of ether oxygens (including phenoxy) is 1. The Morgan fingerprint density at radius 3 is 2.44 bits per heavy atom. The van der Waals surface area contributed by atoms with E-state index >= 15 is 0 Å². The molecule has 2 aromatic rings. The van der Waals surface area contributed by atoms with Crippen LogP contribution in [0.4, 0.5) is 10.5 Å². The number of hydrogen-bond acceptors (Lipinski definition) is 4. The third-order valence-electron chi connectivity index (χ3n) is 4.71. The van der Waals surface area contributed by atoms with Crippen molar-refractivity contribution >= 4 is 11.8 Å². The van der Waals surface area contributed by atoms with Gasteiger partial charge >= 0.3 is 6.09 Å². The second-order valence-electron chi connectivity index (χ2n) is 6.79. The predicted octanol–water partition coefficient (Wildman–Crippen LogP) is 3.41. The van der Waals surface area contributed by atoms with E-state index in [1.165, 1.54) is 5.56 Å². The van der Waals surface area contributed by atoms with E-state index in [2.05, 4.69) is 45.9 Å². The maximum Gasteiger partial charge on any atom is 0.404 e. The molecule has 0 saturated carbocycles. The normalized spacial score (nSPS) is 15.3. The molecule has 1 fully saturated rings. The molecule has 27 heavy (non-hydrogen) atoms. The van der Waals surface area contributed by atoms with E-state index in [1.54, 1.807) is 0 Å². The van der Waals surface area contributed by atoms with Crippen molar-refractivity contribution < 1.29 is 14.6 Å². The van der Waals surface area contributed by atoms with Crippen LogP contribution in [0.25, 0.3) is 0 Å². The second kappa shape index (κ2) is 9.83. The van der Waals surface area contributed by atoms with E-state index in [-0.39, 0.29) is 6.54 Å². The molecule has 3 N–H and O–H groups in total. The van der Waals surface area contributed by atoms with Crippen molar-refractivity contribution in [3.05, 3.63) is 60.2 Å². The van der Waals surface area contributed by atoms with Crippen LogP contribution in [-0.2, 0) is 6.54 Å². The summed E-state index contributed by atoms with van der Waals surface area (Å²) in [6.07, 6.45) is 1.23. The summed E-state index contributed by atoms with van der Waals surface area (Å²) in [5.41, 5.74) is 2.46. The molecule has 1 amide bonds. The van der Waals surface area contributed by atoms with Gasteiger partial charge in [0.25, 0.3) is 0 Å². The van der Waals surface area contributed by atoms with Crippen molar-refractivity contribution in [3.63, 3.8) is 0 Å². The van der Waals surface area contributed by atoms with Gasteiger partial charge in [0.15, 0.2) is 0 Å². The first-order chi connectivity index (χ1) is 13.2. The van der Waals surface area contributed by atoms with Gasteiger partial charge in [-0.05, 0) is 42.7 Å². The van der Waals surface area contributed by atoms with Gasteiger partial charge in [0.05, 0.1) is 6.54 Å². The zero-order valence-corrected chi connectivity index (χ0v) is 15.4. The number of likely N-dealkylation sites (tertiary alicyclic amines) is 1. The van der Waals surface area contributed by atoms with Crippen LogP contribution in [0.2, 0.25) is 0 Å². The minimum atomic E-state index is -1.03. The Balaban J connectivity index is 1.38. The average molecular weight is 369 g/mol. The molecule has 0 aliphatic carbocycles. The SMILES string of the molecule is O=C(O)NCCOc1ccc(NC2CCN(Cc3ccccc3)CC2)cc1. The number of amides is 1. The molecule has 0 bridgehead atoms. The molecular formula is C21H27N3O3. The summed E-state index contributed by atoms with van der Waals surface area (Å²) in [6, 6.07) is 19.0. The van der Waals surface area contributed by atoms with Crippen LogP contribution >= 0.6 is 0 Å². The molecule has 1 aliphatic heterocycles. The second-order valence-corrected chi connectivity index (χ2v) is 6.79. The number of nitrogens with zero attached hydrogens (tertiary/aromatic N) is 1. The van der Waals surface area contributed by atoms with Crippen molar-refractivity contribution in [1.29, 1.82) is 0 Å². The molecule has 0 atom stereocenters. The number of hydrogen-bond donors (Lipinski definition) is 3.